The Hall–Kier alpha value is -3.51. The molecule has 1 aliphatic rings. The van der Waals surface area contributed by atoms with Crippen molar-refractivity contribution in [3.05, 3.63) is 94.8 Å². The Morgan fingerprint density at radius 1 is 1.00 bits per heavy atom. The van der Waals surface area contributed by atoms with Crippen LogP contribution >= 0.6 is 11.6 Å². The van der Waals surface area contributed by atoms with Crippen LogP contribution in [0.4, 0.5) is 4.39 Å². The number of carbonyl (C=O) groups is 2. The summed E-state index contributed by atoms with van der Waals surface area (Å²) in [6.45, 7) is 2.75. The Morgan fingerprint density at radius 3 is 2.24 bits per heavy atom. The number of nitrogens with one attached hydrogen (secondary N) is 1. The summed E-state index contributed by atoms with van der Waals surface area (Å²) in [5.41, 5.74) is 1.48. The summed E-state index contributed by atoms with van der Waals surface area (Å²) in [4.78, 5) is 27.8. The molecule has 1 fully saturated rings. The number of sulfonamides is 1. The zero-order chi connectivity index (χ0) is 29.4. The van der Waals surface area contributed by atoms with Gasteiger partial charge in [0.1, 0.15) is 17.6 Å². The molecule has 218 valence electrons. The molecule has 0 aromatic heterocycles. The fourth-order valence-electron chi connectivity index (χ4n) is 4.18. The first-order chi connectivity index (χ1) is 19.6. The molecule has 1 atom stereocenters. The normalized spacial score (nSPS) is 14.7. The molecule has 3 aromatic rings. The number of hydrogen-bond acceptors (Lipinski definition) is 6. The highest BCUT2D eigenvalue weighted by molar-refractivity contribution is 7.89. The molecule has 9 nitrogen and oxygen atoms in total. The number of amides is 2. The molecular formula is C29H31ClFN3O6S. The first-order valence-corrected chi connectivity index (χ1v) is 14.8. The molecule has 0 aliphatic carbocycles. The Morgan fingerprint density at radius 2 is 1.61 bits per heavy atom. The average molecular weight is 604 g/mol. The van der Waals surface area contributed by atoms with Gasteiger partial charge in [-0.05, 0) is 66.6 Å². The van der Waals surface area contributed by atoms with Crippen LogP contribution in [0.1, 0.15) is 18.1 Å². The molecule has 1 unspecified atom stereocenters. The van der Waals surface area contributed by atoms with Crippen molar-refractivity contribution >= 4 is 33.4 Å². The van der Waals surface area contributed by atoms with Crippen LogP contribution in [-0.4, -0.2) is 68.4 Å². The number of benzene rings is 3. The Labute approximate surface area is 243 Å². The second-order valence-corrected chi connectivity index (χ2v) is 11.8. The highest BCUT2D eigenvalue weighted by Gasteiger charge is 2.28. The van der Waals surface area contributed by atoms with Gasteiger partial charge in [-0.1, -0.05) is 35.9 Å². The monoisotopic (exact) mass is 603 g/mol. The van der Waals surface area contributed by atoms with Gasteiger partial charge in [-0.25, -0.2) is 12.8 Å². The quantitative estimate of drug-likeness (QED) is 0.359. The van der Waals surface area contributed by atoms with E-state index in [2.05, 4.69) is 5.32 Å². The second kappa shape index (κ2) is 13.9. The maximum Gasteiger partial charge on any atom is 0.261 e. The molecule has 4 rings (SSSR count). The summed E-state index contributed by atoms with van der Waals surface area (Å²) < 4.78 is 51.4. The standard InChI is InChI=1S/C29H31ClFN3O6S/c1-21(29(36)32-18-22-2-6-24(30)7-3-22)34(19-23-4-8-25(31)9-5-23)28(35)20-40-26-10-12-27(13-11-26)41(37,38)33-14-16-39-17-15-33/h2-13,21H,14-20H2,1H3,(H,32,36). The zero-order valence-corrected chi connectivity index (χ0v) is 24.0. The minimum Gasteiger partial charge on any atom is -0.484 e. The first kappa shape index (κ1) is 30.4. The average Bonchev–Trinajstić information content (AvgIpc) is 2.99. The topological polar surface area (TPSA) is 105 Å². The minimum atomic E-state index is -3.66. The molecule has 3 aromatic carbocycles. The molecule has 1 N–H and O–H groups in total. The lowest BCUT2D eigenvalue weighted by atomic mass is 10.1. The summed E-state index contributed by atoms with van der Waals surface area (Å²) >= 11 is 5.92. The van der Waals surface area contributed by atoms with Crippen molar-refractivity contribution in [2.45, 2.75) is 31.0 Å². The van der Waals surface area contributed by atoms with Crippen molar-refractivity contribution in [3.63, 3.8) is 0 Å². The molecular weight excluding hydrogens is 573 g/mol. The molecule has 2 amide bonds. The number of carbonyl (C=O) groups excluding carboxylic acids is 2. The summed E-state index contributed by atoms with van der Waals surface area (Å²) in [6.07, 6.45) is 0. The van der Waals surface area contributed by atoms with Crippen LogP contribution in [0.15, 0.2) is 77.7 Å². The molecule has 41 heavy (non-hydrogen) atoms. The number of rotatable bonds is 11. The molecule has 12 heteroatoms. The summed E-state index contributed by atoms with van der Waals surface area (Å²) in [5, 5.41) is 3.41. The molecule has 0 radical (unpaired) electrons. The van der Waals surface area contributed by atoms with E-state index in [1.165, 1.54) is 45.6 Å². The van der Waals surface area contributed by atoms with E-state index in [0.717, 1.165) is 5.56 Å². The van der Waals surface area contributed by atoms with E-state index in [4.69, 9.17) is 21.1 Å². The fraction of sp³-hybridized carbons (Fsp3) is 0.310. The van der Waals surface area contributed by atoms with Gasteiger partial charge in [0.25, 0.3) is 5.91 Å². The Bertz CT molecular complexity index is 1430. The van der Waals surface area contributed by atoms with Gasteiger partial charge in [0.15, 0.2) is 6.61 Å². The van der Waals surface area contributed by atoms with E-state index in [1.54, 1.807) is 43.3 Å². The predicted octanol–water partition coefficient (Wildman–Crippen LogP) is 3.61. The van der Waals surface area contributed by atoms with Crippen LogP contribution in [0.3, 0.4) is 0 Å². The molecule has 1 saturated heterocycles. The van der Waals surface area contributed by atoms with Crippen LogP contribution in [0.5, 0.6) is 5.75 Å². The molecule has 0 saturated carbocycles. The largest absolute Gasteiger partial charge is 0.484 e. The molecule has 0 spiro atoms. The second-order valence-electron chi connectivity index (χ2n) is 9.44. The predicted molar refractivity (Wildman–Crippen MR) is 151 cm³/mol. The van der Waals surface area contributed by atoms with Crippen LogP contribution in [0.2, 0.25) is 5.02 Å². The lowest BCUT2D eigenvalue weighted by molar-refractivity contribution is -0.142. The van der Waals surface area contributed by atoms with Crippen molar-refractivity contribution in [1.82, 2.24) is 14.5 Å². The van der Waals surface area contributed by atoms with Crippen LogP contribution in [0, 0.1) is 5.82 Å². The van der Waals surface area contributed by atoms with E-state index in [0.29, 0.717) is 29.5 Å². The third-order valence-corrected chi connectivity index (χ3v) is 8.77. The third-order valence-electron chi connectivity index (χ3n) is 6.61. The lowest BCUT2D eigenvalue weighted by Gasteiger charge is -2.29. The summed E-state index contributed by atoms with van der Waals surface area (Å²) in [5.74, 6) is -0.981. The van der Waals surface area contributed by atoms with E-state index in [1.807, 2.05) is 0 Å². The Kier molecular flexibility index (Phi) is 10.3. The van der Waals surface area contributed by atoms with Crippen LogP contribution in [-0.2, 0) is 37.4 Å². The maximum absolute atomic E-state index is 13.5. The SMILES string of the molecule is CC(C(=O)NCc1ccc(Cl)cc1)N(Cc1ccc(F)cc1)C(=O)COc1ccc(S(=O)(=O)N2CCOCC2)cc1. The number of halogens is 2. The van der Waals surface area contributed by atoms with Crippen molar-refractivity contribution in [1.29, 1.82) is 0 Å². The van der Waals surface area contributed by atoms with E-state index in [-0.39, 0.29) is 37.0 Å². The highest BCUT2D eigenvalue weighted by Crippen LogP contribution is 2.21. The Balaban J connectivity index is 1.41. The van der Waals surface area contributed by atoms with Crippen molar-refractivity contribution in [2.75, 3.05) is 32.9 Å². The minimum absolute atomic E-state index is 0.0503. The molecule has 1 heterocycles. The number of hydrogen-bond donors (Lipinski definition) is 1. The van der Waals surface area contributed by atoms with Gasteiger partial charge in [0.2, 0.25) is 15.9 Å². The number of ether oxygens (including phenoxy) is 2. The van der Waals surface area contributed by atoms with Gasteiger partial charge >= 0.3 is 0 Å². The van der Waals surface area contributed by atoms with Gasteiger partial charge in [0, 0.05) is 31.2 Å². The fourth-order valence-corrected chi connectivity index (χ4v) is 5.71. The first-order valence-electron chi connectivity index (χ1n) is 13.0. The summed E-state index contributed by atoms with van der Waals surface area (Å²) in [7, 11) is -3.66. The van der Waals surface area contributed by atoms with Crippen LogP contribution in [0.25, 0.3) is 0 Å². The van der Waals surface area contributed by atoms with E-state index in [9.17, 15) is 22.4 Å². The molecule has 1 aliphatic heterocycles. The smallest absolute Gasteiger partial charge is 0.261 e. The zero-order valence-electron chi connectivity index (χ0n) is 22.5. The third kappa shape index (κ3) is 8.26. The maximum atomic E-state index is 13.5. The van der Waals surface area contributed by atoms with Gasteiger partial charge in [0.05, 0.1) is 18.1 Å². The van der Waals surface area contributed by atoms with Crippen molar-refractivity contribution in [3.8, 4) is 5.75 Å². The van der Waals surface area contributed by atoms with Gasteiger partial charge in [-0.3, -0.25) is 9.59 Å². The van der Waals surface area contributed by atoms with Gasteiger partial charge < -0.3 is 19.7 Å². The van der Waals surface area contributed by atoms with Gasteiger partial charge in [-0.15, -0.1) is 0 Å². The van der Waals surface area contributed by atoms with Crippen LogP contribution < -0.4 is 10.1 Å². The molecule has 0 bridgehead atoms. The number of morpholine rings is 1. The highest BCUT2D eigenvalue weighted by atomic mass is 35.5. The van der Waals surface area contributed by atoms with Crippen molar-refractivity contribution in [2.24, 2.45) is 0 Å². The van der Waals surface area contributed by atoms with E-state index >= 15 is 0 Å². The van der Waals surface area contributed by atoms with Crippen molar-refractivity contribution < 1.29 is 31.9 Å². The lowest BCUT2D eigenvalue weighted by Crippen LogP contribution is -2.48. The van der Waals surface area contributed by atoms with Gasteiger partial charge in [-0.2, -0.15) is 4.31 Å². The summed E-state index contributed by atoms with van der Waals surface area (Å²) in [6, 6.07) is 17.6. The van der Waals surface area contributed by atoms with E-state index < -0.39 is 34.4 Å². The number of nitrogens with zero attached hydrogens (tertiary/aromatic N) is 2.